The first-order valence-corrected chi connectivity index (χ1v) is 5.26. The summed E-state index contributed by atoms with van der Waals surface area (Å²) in [5.74, 6) is 0.656. The monoisotopic (exact) mass is 185 g/mol. The third-order valence-electron chi connectivity index (χ3n) is 3.08. The van der Waals surface area contributed by atoms with Crippen LogP contribution in [0.4, 0.5) is 0 Å². The number of hydrogen-bond acceptors (Lipinski definition) is 3. The Labute approximate surface area is 81.9 Å². The molecule has 78 valence electrons. The van der Waals surface area contributed by atoms with E-state index >= 15 is 0 Å². The minimum atomic E-state index is 0.408. The molecule has 0 saturated carbocycles. The lowest BCUT2D eigenvalue weighted by molar-refractivity contribution is 0.149. The van der Waals surface area contributed by atoms with Crippen LogP contribution in [-0.4, -0.2) is 56.1 Å². The molecule has 2 atom stereocenters. The van der Waals surface area contributed by atoms with Gasteiger partial charge in [-0.3, -0.25) is 0 Å². The number of likely N-dealkylation sites (tertiary alicyclic amines) is 1. The summed E-state index contributed by atoms with van der Waals surface area (Å²) in [6.07, 6.45) is 1.15. The molecule has 1 heterocycles. The van der Waals surface area contributed by atoms with E-state index in [1.54, 1.807) is 0 Å². The topological polar surface area (TPSA) is 32.5 Å². The average Bonchev–Trinajstić information content (AvgIpc) is 2.11. The van der Waals surface area contributed by atoms with Crippen LogP contribution < -0.4 is 5.73 Å². The fourth-order valence-corrected chi connectivity index (χ4v) is 1.95. The van der Waals surface area contributed by atoms with Crippen molar-refractivity contribution in [2.45, 2.75) is 19.4 Å². The Morgan fingerprint density at radius 3 is 2.85 bits per heavy atom. The van der Waals surface area contributed by atoms with Gasteiger partial charge in [0, 0.05) is 19.1 Å². The molecule has 0 spiro atoms. The van der Waals surface area contributed by atoms with Crippen LogP contribution in [0.15, 0.2) is 0 Å². The highest BCUT2D eigenvalue weighted by molar-refractivity contribution is 4.83. The van der Waals surface area contributed by atoms with E-state index in [0.717, 1.165) is 32.6 Å². The van der Waals surface area contributed by atoms with Crippen molar-refractivity contribution in [3.63, 3.8) is 0 Å². The Hall–Kier alpha value is -0.120. The second kappa shape index (κ2) is 4.94. The molecule has 13 heavy (non-hydrogen) atoms. The van der Waals surface area contributed by atoms with Gasteiger partial charge in [-0.2, -0.15) is 0 Å². The molecule has 0 bridgehead atoms. The highest BCUT2D eigenvalue weighted by Gasteiger charge is 2.25. The van der Waals surface area contributed by atoms with Gasteiger partial charge in [-0.1, -0.05) is 6.92 Å². The van der Waals surface area contributed by atoms with Gasteiger partial charge >= 0.3 is 0 Å². The van der Waals surface area contributed by atoms with Crippen molar-refractivity contribution in [2.24, 2.45) is 11.7 Å². The molecule has 2 unspecified atom stereocenters. The van der Waals surface area contributed by atoms with Crippen molar-refractivity contribution in [1.82, 2.24) is 9.80 Å². The normalized spacial score (nSPS) is 31.2. The van der Waals surface area contributed by atoms with Crippen molar-refractivity contribution >= 4 is 0 Å². The van der Waals surface area contributed by atoms with Gasteiger partial charge < -0.3 is 15.5 Å². The van der Waals surface area contributed by atoms with Crippen LogP contribution in [0.1, 0.15) is 13.3 Å². The molecule has 1 aliphatic heterocycles. The molecule has 3 nitrogen and oxygen atoms in total. The van der Waals surface area contributed by atoms with Gasteiger partial charge in [-0.05, 0) is 39.5 Å². The third-order valence-corrected chi connectivity index (χ3v) is 3.08. The second-order valence-corrected chi connectivity index (χ2v) is 4.33. The van der Waals surface area contributed by atoms with Crippen molar-refractivity contribution in [3.05, 3.63) is 0 Å². The quantitative estimate of drug-likeness (QED) is 0.682. The van der Waals surface area contributed by atoms with Gasteiger partial charge in [-0.25, -0.2) is 0 Å². The predicted molar refractivity (Wildman–Crippen MR) is 56.8 cm³/mol. The zero-order valence-electron chi connectivity index (χ0n) is 9.16. The number of piperidine rings is 1. The molecule has 0 radical (unpaired) electrons. The van der Waals surface area contributed by atoms with Crippen LogP contribution in [0.25, 0.3) is 0 Å². The van der Waals surface area contributed by atoms with Crippen molar-refractivity contribution in [1.29, 1.82) is 0 Å². The number of hydrogen-bond donors (Lipinski definition) is 1. The summed E-state index contributed by atoms with van der Waals surface area (Å²) in [6, 6.07) is 0.408. The second-order valence-electron chi connectivity index (χ2n) is 4.33. The van der Waals surface area contributed by atoms with Crippen LogP contribution in [0.2, 0.25) is 0 Å². The molecule has 2 N–H and O–H groups in total. The standard InChI is InChI=1S/C10H23N3/c1-4-12(2)7-9-8-13(3)6-5-10(9)11/h9-10H,4-8,11H2,1-3H3. The minimum absolute atomic E-state index is 0.408. The molecular weight excluding hydrogens is 162 g/mol. The Kier molecular flexibility index (Phi) is 4.16. The minimum Gasteiger partial charge on any atom is -0.327 e. The first-order valence-electron chi connectivity index (χ1n) is 5.26. The lowest BCUT2D eigenvalue weighted by Crippen LogP contribution is -2.49. The lowest BCUT2D eigenvalue weighted by atomic mass is 9.93. The molecule has 1 saturated heterocycles. The van der Waals surface area contributed by atoms with E-state index in [0.29, 0.717) is 12.0 Å². The molecule has 1 aliphatic rings. The van der Waals surface area contributed by atoms with E-state index in [1.807, 2.05) is 0 Å². The predicted octanol–water partition coefficient (Wildman–Crippen LogP) is 0.217. The highest BCUT2D eigenvalue weighted by atomic mass is 15.1. The first kappa shape index (κ1) is 11.0. The summed E-state index contributed by atoms with van der Waals surface area (Å²) in [4.78, 5) is 4.74. The van der Waals surface area contributed by atoms with E-state index in [4.69, 9.17) is 5.73 Å². The Bertz CT molecular complexity index is 149. The molecule has 0 aromatic carbocycles. The van der Waals surface area contributed by atoms with Crippen LogP contribution in [0, 0.1) is 5.92 Å². The van der Waals surface area contributed by atoms with E-state index in [2.05, 4.69) is 30.8 Å². The molecule has 0 amide bonds. The zero-order chi connectivity index (χ0) is 9.84. The Morgan fingerprint density at radius 1 is 1.54 bits per heavy atom. The molecule has 0 aliphatic carbocycles. The van der Waals surface area contributed by atoms with Gasteiger partial charge in [0.25, 0.3) is 0 Å². The lowest BCUT2D eigenvalue weighted by Gasteiger charge is -2.36. The number of rotatable bonds is 3. The SMILES string of the molecule is CCN(C)CC1CN(C)CCC1N. The van der Waals surface area contributed by atoms with E-state index in [-0.39, 0.29) is 0 Å². The molecule has 0 aromatic heterocycles. The van der Waals surface area contributed by atoms with Gasteiger partial charge in [0.15, 0.2) is 0 Å². The maximum Gasteiger partial charge on any atom is 0.0104 e. The van der Waals surface area contributed by atoms with Crippen LogP contribution >= 0.6 is 0 Å². The van der Waals surface area contributed by atoms with E-state index in [1.165, 1.54) is 0 Å². The van der Waals surface area contributed by atoms with E-state index < -0.39 is 0 Å². The van der Waals surface area contributed by atoms with Crippen molar-refractivity contribution in [3.8, 4) is 0 Å². The molecular formula is C10H23N3. The van der Waals surface area contributed by atoms with Crippen LogP contribution in [0.5, 0.6) is 0 Å². The molecule has 1 fully saturated rings. The summed E-state index contributed by atoms with van der Waals surface area (Å²) in [7, 11) is 4.35. The maximum atomic E-state index is 6.09. The highest BCUT2D eigenvalue weighted by Crippen LogP contribution is 2.14. The van der Waals surface area contributed by atoms with Gasteiger partial charge in [-0.15, -0.1) is 0 Å². The van der Waals surface area contributed by atoms with Crippen molar-refractivity contribution < 1.29 is 0 Å². The summed E-state index contributed by atoms with van der Waals surface area (Å²) in [5, 5.41) is 0. The number of nitrogens with two attached hydrogens (primary N) is 1. The van der Waals surface area contributed by atoms with E-state index in [9.17, 15) is 0 Å². The summed E-state index contributed by atoms with van der Waals surface area (Å²) < 4.78 is 0. The van der Waals surface area contributed by atoms with Gasteiger partial charge in [0.05, 0.1) is 0 Å². The Morgan fingerprint density at radius 2 is 2.23 bits per heavy atom. The molecule has 1 rings (SSSR count). The first-order chi connectivity index (χ1) is 6.13. The smallest absolute Gasteiger partial charge is 0.0104 e. The average molecular weight is 185 g/mol. The van der Waals surface area contributed by atoms with Gasteiger partial charge in [0.2, 0.25) is 0 Å². The van der Waals surface area contributed by atoms with Crippen LogP contribution in [-0.2, 0) is 0 Å². The number of nitrogens with zero attached hydrogens (tertiary/aromatic N) is 2. The molecule has 0 aromatic rings. The fraction of sp³-hybridized carbons (Fsp3) is 1.00. The maximum absolute atomic E-state index is 6.09. The molecule has 3 heteroatoms. The summed E-state index contributed by atoms with van der Waals surface area (Å²) in [6.45, 7) is 6.77. The van der Waals surface area contributed by atoms with Crippen LogP contribution in [0.3, 0.4) is 0 Å². The summed E-state index contributed by atoms with van der Waals surface area (Å²) in [5.41, 5.74) is 6.09. The fourth-order valence-electron chi connectivity index (χ4n) is 1.95. The zero-order valence-corrected chi connectivity index (χ0v) is 9.16. The third kappa shape index (κ3) is 3.25. The Balaban J connectivity index is 2.37. The largest absolute Gasteiger partial charge is 0.327 e. The van der Waals surface area contributed by atoms with Gasteiger partial charge in [0.1, 0.15) is 0 Å². The summed E-state index contributed by atoms with van der Waals surface area (Å²) >= 11 is 0. The van der Waals surface area contributed by atoms with Crippen molar-refractivity contribution in [2.75, 3.05) is 40.3 Å².